The maximum atomic E-state index is 6.49. The smallest absolute Gasteiger partial charge is 0.158 e. The van der Waals surface area contributed by atoms with Crippen LogP contribution in [0.25, 0.3) is 0 Å². The van der Waals surface area contributed by atoms with Crippen molar-refractivity contribution in [3.8, 4) is 0 Å². The van der Waals surface area contributed by atoms with Crippen molar-refractivity contribution in [2.75, 3.05) is 19.6 Å². The first-order chi connectivity index (χ1) is 14.4. The number of piperidine rings is 1. The summed E-state index contributed by atoms with van der Waals surface area (Å²) in [6, 6.07) is 0. The van der Waals surface area contributed by atoms with E-state index in [1.807, 2.05) is 18.5 Å². The molecule has 1 aliphatic rings. The van der Waals surface area contributed by atoms with Crippen molar-refractivity contribution in [2.45, 2.75) is 78.2 Å². The van der Waals surface area contributed by atoms with Crippen molar-refractivity contribution < 1.29 is 0 Å². The topological polar surface area (TPSA) is 102 Å². The lowest BCUT2D eigenvalue weighted by Gasteiger charge is -2.31. The van der Waals surface area contributed by atoms with Gasteiger partial charge in [0.25, 0.3) is 0 Å². The van der Waals surface area contributed by atoms with Gasteiger partial charge in [-0.1, -0.05) is 32.8 Å². The number of aliphatic imine (C=N–C) groups is 2. The van der Waals surface area contributed by atoms with Crippen LogP contribution < -0.4 is 16.8 Å². The van der Waals surface area contributed by atoms with Crippen LogP contribution in [0.4, 0.5) is 0 Å². The number of hydrogen-bond donors (Lipinski definition) is 3. The van der Waals surface area contributed by atoms with E-state index < -0.39 is 0 Å². The number of pyridine rings is 1. The molecule has 0 bridgehead atoms. The minimum Gasteiger partial charge on any atom is -0.383 e. The molecule has 6 heteroatoms. The Morgan fingerprint density at radius 1 is 1.23 bits per heavy atom. The Morgan fingerprint density at radius 2 is 1.97 bits per heavy atom. The van der Waals surface area contributed by atoms with Crippen LogP contribution in [0.5, 0.6) is 0 Å². The summed E-state index contributed by atoms with van der Waals surface area (Å²) < 4.78 is 0. The maximum Gasteiger partial charge on any atom is 0.158 e. The summed E-state index contributed by atoms with van der Waals surface area (Å²) in [4.78, 5) is 14.6. The molecule has 1 aromatic heterocycles. The van der Waals surface area contributed by atoms with Crippen LogP contribution in [-0.2, 0) is 6.42 Å². The molecule has 0 spiro atoms. The summed E-state index contributed by atoms with van der Waals surface area (Å²) in [7, 11) is 0. The fourth-order valence-electron chi connectivity index (χ4n) is 3.90. The van der Waals surface area contributed by atoms with Crippen molar-refractivity contribution in [1.29, 1.82) is 0 Å². The number of rotatable bonds is 9. The third-order valence-electron chi connectivity index (χ3n) is 5.73. The minimum absolute atomic E-state index is 0.148. The molecule has 0 aliphatic carbocycles. The average molecular weight is 413 g/mol. The first kappa shape index (κ1) is 24.2. The van der Waals surface area contributed by atoms with Crippen LogP contribution in [0.1, 0.15) is 76.0 Å². The number of nitrogens with zero attached hydrogens (tertiary/aromatic N) is 3. The summed E-state index contributed by atoms with van der Waals surface area (Å²) in [5.41, 5.74) is 16.5. The molecule has 0 saturated carbocycles. The highest BCUT2D eigenvalue weighted by molar-refractivity contribution is 6.12. The van der Waals surface area contributed by atoms with Gasteiger partial charge in [0, 0.05) is 24.5 Å². The van der Waals surface area contributed by atoms with Gasteiger partial charge in [0.2, 0.25) is 0 Å². The van der Waals surface area contributed by atoms with Crippen LogP contribution in [-0.4, -0.2) is 41.8 Å². The molecule has 0 atom stereocenters. The standard InChI is InChI=1S/C24H40N6/c1-5-7-9-20-17-28-16-18(3)21(20)23(30-24(4)11-14-27-15-12-24)29-22(26)19(8-6-2)10-13-25/h10,16-17,27H,5-9,11-15,25H2,1-4H3,(H2,26,29,30)/b19-10+. The van der Waals surface area contributed by atoms with E-state index >= 15 is 0 Å². The van der Waals surface area contributed by atoms with Crippen LogP contribution in [0.2, 0.25) is 0 Å². The molecule has 0 unspecified atom stereocenters. The van der Waals surface area contributed by atoms with Gasteiger partial charge >= 0.3 is 0 Å². The fraction of sp³-hybridized carbons (Fsp3) is 0.625. The number of aryl methyl sites for hydroxylation is 2. The van der Waals surface area contributed by atoms with Crippen LogP contribution in [0.15, 0.2) is 34.0 Å². The Labute approximate surface area is 182 Å². The highest BCUT2D eigenvalue weighted by Gasteiger charge is 2.28. The van der Waals surface area contributed by atoms with E-state index in [9.17, 15) is 0 Å². The van der Waals surface area contributed by atoms with Crippen molar-refractivity contribution in [3.63, 3.8) is 0 Å². The molecule has 0 amide bonds. The predicted molar refractivity (Wildman–Crippen MR) is 128 cm³/mol. The first-order valence-electron chi connectivity index (χ1n) is 11.4. The lowest BCUT2D eigenvalue weighted by atomic mass is 9.91. The summed E-state index contributed by atoms with van der Waals surface area (Å²) >= 11 is 0. The number of nitrogens with two attached hydrogens (primary N) is 2. The van der Waals surface area contributed by atoms with Gasteiger partial charge in [-0.05, 0) is 75.7 Å². The molecule has 30 heavy (non-hydrogen) atoms. The quantitative estimate of drug-likeness (QED) is 0.425. The van der Waals surface area contributed by atoms with Gasteiger partial charge in [-0.2, -0.15) is 0 Å². The zero-order chi connectivity index (χ0) is 22.0. The molecule has 1 aliphatic heterocycles. The van der Waals surface area contributed by atoms with Gasteiger partial charge in [0.15, 0.2) is 5.84 Å². The number of unbranched alkanes of at least 4 members (excludes halogenated alkanes) is 1. The van der Waals surface area contributed by atoms with E-state index in [2.05, 4.69) is 38.0 Å². The van der Waals surface area contributed by atoms with Crippen molar-refractivity contribution >= 4 is 11.7 Å². The zero-order valence-electron chi connectivity index (χ0n) is 19.3. The molecule has 0 radical (unpaired) electrons. The molecule has 0 aromatic carbocycles. The number of aromatic nitrogens is 1. The summed E-state index contributed by atoms with van der Waals surface area (Å²) in [5.74, 6) is 1.26. The molecule has 5 N–H and O–H groups in total. The van der Waals surface area contributed by atoms with Crippen LogP contribution >= 0.6 is 0 Å². The van der Waals surface area contributed by atoms with Crippen LogP contribution in [0, 0.1) is 6.92 Å². The monoisotopic (exact) mass is 412 g/mol. The molecule has 166 valence electrons. The second-order valence-electron chi connectivity index (χ2n) is 8.49. The second kappa shape index (κ2) is 12.0. The highest BCUT2D eigenvalue weighted by atomic mass is 15.0. The third kappa shape index (κ3) is 6.74. The van der Waals surface area contributed by atoms with Gasteiger partial charge in [-0.3, -0.25) is 9.98 Å². The zero-order valence-corrected chi connectivity index (χ0v) is 19.3. The van der Waals surface area contributed by atoms with E-state index in [0.717, 1.165) is 80.6 Å². The Morgan fingerprint density at radius 3 is 2.60 bits per heavy atom. The van der Waals surface area contributed by atoms with Crippen molar-refractivity contribution in [2.24, 2.45) is 21.5 Å². The van der Waals surface area contributed by atoms with Gasteiger partial charge in [-0.15, -0.1) is 0 Å². The largest absolute Gasteiger partial charge is 0.383 e. The minimum atomic E-state index is -0.148. The van der Waals surface area contributed by atoms with Crippen molar-refractivity contribution in [1.82, 2.24) is 10.3 Å². The molecule has 1 saturated heterocycles. The highest BCUT2D eigenvalue weighted by Crippen LogP contribution is 2.26. The normalized spacial score (nSPS) is 18.0. The molecule has 1 fully saturated rings. The first-order valence-corrected chi connectivity index (χ1v) is 11.4. The second-order valence-corrected chi connectivity index (χ2v) is 8.49. The van der Waals surface area contributed by atoms with Gasteiger partial charge in [0.05, 0.1) is 5.54 Å². The fourth-order valence-corrected chi connectivity index (χ4v) is 3.90. The molecule has 6 nitrogen and oxygen atoms in total. The van der Waals surface area contributed by atoms with E-state index in [1.165, 1.54) is 5.56 Å². The third-order valence-corrected chi connectivity index (χ3v) is 5.73. The lowest BCUT2D eigenvalue weighted by Crippen LogP contribution is -2.39. The number of hydrogen-bond acceptors (Lipinski definition) is 4. The van der Waals surface area contributed by atoms with E-state index in [1.54, 1.807) is 0 Å². The summed E-state index contributed by atoms with van der Waals surface area (Å²) in [6.45, 7) is 11.1. The molecule has 1 aromatic rings. The SMILES string of the molecule is CCCCc1cncc(C)c1C(N=C(N)/C(=C/CN)CCC)=NC1(C)CCNCC1. The van der Waals surface area contributed by atoms with Gasteiger partial charge in [-0.25, -0.2) is 4.99 Å². The molecule has 2 heterocycles. The van der Waals surface area contributed by atoms with Crippen molar-refractivity contribution in [3.05, 3.63) is 40.7 Å². The van der Waals surface area contributed by atoms with Gasteiger partial charge in [0.1, 0.15) is 5.84 Å². The number of nitrogens with one attached hydrogen (secondary N) is 1. The molecular formula is C24H40N6. The average Bonchev–Trinajstić information content (AvgIpc) is 2.72. The van der Waals surface area contributed by atoms with E-state index in [-0.39, 0.29) is 5.54 Å². The predicted octanol–water partition coefficient (Wildman–Crippen LogP) is 3.66. The molecule has 2 rings (SSSR count). The maximum absolute atomic E-state index is 6.49. The Kier molecular flexibility index (Phi) is 9.66. The Bertz CT molecular complexity index is 772. The summed E-state index contributed by atoms with van der Waals surface area (Å²) in [6.07, 6.45) is 12.9. The Hall–Kier alpha value is -2.05. The van der Waals surface area contributed by atoms with Crippen LogP contribution in [0.3, 0.4) is 0 Å². The Balaban J connectivity index is 2.61. The van der Waals surface area contributed by atoms with E-state index in [4.69, 9.17) is 21.5 Å². The van der Waals surface area contributed by atoms with Gasteiger partial charge < -0.3 is 16.8 Å². The molecular weight excluding hydrogens is 372 g/mol. The van der Waals surface area contributed by atoms with E-state index in [0.29, 0.717) is 12.4 Å². The lowest BCUT2D eigenvalue weighted by molar-refractivity contribution is 0.340. The summed E-state index contributed by atoms with van der Waals surface area (Å²) in [5, 5.41) is 3.43. The number of amidine groups is 2.